The van der Waals surface area contributed by atoms with Crippen molar-refractivity contribution in [2.75, 3.05) is 55.6 Å². The predicted molar refractivity (Wildman–Crippen MR) is 141 cm³/mol. The standard InChI is InChI=1S/C24H30FN3O5S.C2HF3O2/c25-19-2-1-3-21(16-19)34(31,32)26-20-4-5-23(22(17-20)24(29)30)28-10-7-18(8-11-28)6-9-27-12-14-33-15-13-27;3-2(4,5)1(6)7/h1-5,16-18,26H,6-15H2,(H,29,30);(H,6,7). The lowest BCUT2D eigenvalue weighted by molar-refractivity contribution is -0.192. The van der Waals surface area contributed by atoms with E-state index in [-0.39, 0.29) is 16.1 Å². The number of nitrogens with zero attached hydrogens (tertiary/aromatic N) is 2. The van der Waals surface area contributed by atoms with Gasteiger partial charge in [0.05, 0.1) is 29.4 Å². The molecular weight excluding hydrogens is 574 g/mol. The van der Waals surface area contributed by atoms with Crippen LogP contribution in [0.25, 0.3) is 0 Å². The molecule has 2 aromatic carbocycles. The van der Waals surface area contributed by atoms with Crippen LogP contribution in [0, 0.1) is 11.7 Å². The van der Waals surface area contributed by atoms with Crippen LogP contribution in [-0.4, -0.2) is 87.6 Å². The molecule has 0 amide bonds. The van der Waals surface area contributed by atoms with Crippen LogP contribution in [0.15, 0.2) is 47.4 Å². The minimum absolute atomic E-state index is 0.0335. The van der Waals surface area contributed by atoms with E-state index in [0.717, 1.165) is 77.3 Å². The van der Waals surface area contributed by atoms with Crippen molar-refractivity contribution in [3.05, 3.63) is 53.8 Å². The van der Waals surface area contributed by atoms with Gasteiger partial charge in [-0.15, -0.1) is 0 Å². The van der Waals surface area contributed by atoms with Crippen molar-refractivity contribution in [2.24, 2.45) is 5.92 Å². The number of anilines is 2. The number of piperidine rings is 1. The summed E-state index contributed by atoms with van der Waals surface area (Å²) < 4.78 is 78.1. The summed E-state index contributed by atoms with van der Waals surface area (Å²) in [6.45, 7) is 6.13. The van der Waals surface area contributed by atoms with Gasteiger partial charge in [-0.25, -0.2) is 22.4 Å². The molecule has 2 heterocycles. The topological polar surface area (TPSA) is 136 Å². The molecular formula is C26H31F4N3O7S. The molecule has 0 spiro atoms. The number of rotatable bonds is 8. The SMILES string of the molecule is O=C(O)C(F)(F)F.O=C(O)c1cc(NS(=O)(=O)c2cccc(F)c2)ccc1N1CCC(CCN2CCOCC2)CC1. The summed E-state index contributed by atoms with van der Waals surface area (Å²) in [6, 6.07) is 9.16. The van der Waals surface area contributed by atoms with Crippen molar-refractivity contribution in [2.45, 2.75) is 30.3 Å². The molecule has 2 aromatic rings. The van der Waals surface area contributed by atoms with Gasteiger partial charge in [0, 0.05) is 31.9 Å². The summed E-state index contributed by atoms with van der Waals surface area (Å²) in [4.78, 5) is 25.1. The zero-order valence-corrected chi connectivity index (χ0v) is 22.8. The lowest BCUT2D eigenvalue weighted by Crippen LogP contribution is -2.39. The lowest BCUT2D eigenvalue weighted by atomic mass is 9.92. The highest BCUT2D eigenvalue weighted by Gasteiger charge is 2.38. The highest BCUT2D eigenvalue weighted by atomic mass is 32.2. The van der Waals surface area contributed by atoms with Crippen molar-refractivity contribution >= 4 is 33.3 Å². The minimum atomic E-state index is -5.08. The van der Waals surface area contributed by atoms with E-state index < -0.39 is 34.0 Å². The number of hydrogen-bond acceptors (Lipinski definition) is 7. The van der Waals surface area contributed by atoms with Crippen LogP contribution in [-0.2, 0) is 19.6 Å². The zero-order chi connectivity index (χ0) is 30.2. The number of alkyl halides is 3. The van der Waals surface area contributed by atoms with Gasteiger partial charge in [0.2, 0.25) is 0 Å². The summed E-state index contributed by atoms with van der Waals surface area (Å²) >= 11 is 0. The molecule has 15 heteroatoms. The smallest absolute Gasteiger partial charge is 0.478 e. The molecule has 0 aliphatic carbocycles. The van der Waals surface area contributed by atoms with Crippen LogP contribution < -0.4 is 9.62 Å². The first-order valence-corrected chi connectivity index (χ1v) is 14.3. The number of carboxylic acid groups (broad SMARTS) is 2. The van der Waals surface area contributed by atoms with Crippen LogP contribution >= 0.6 is 0 Å². The third-order valence-electron chi connectivity index (χ3n) is 6.74. The number of sulfonamides is 1. The quantitative estimate of drug-likeness (QED) is 0.383. The largest absolute Gasteiger partial charge is 0.490 e. The molecule has 0 bridgehead atoms. The van der Waals surface area contributed by atoms with Gasteiger partial charge in [-0.05, 0) is 68.1 Å². The Balaban J connectivity index is 0.000000587. The van der Waals surface area contributed by atoms with Gasteiger partial charge in [0.15, 0.2) is 0 Å². The molecule has 0 saturated carbocycles. The molecule has 2 fully saturated rings. The fourth-order valence-corrected chi connectivity index (χ4v) is 5.63. The number of aromatic carboxylic acids is 1. The van der Waals surface area contributed by atoms with Crippen molar-refractivity contribution in [3.8, 4) is 0 Å². The molecule has 2 aliphatic heterocycles. The first-order chi connectivity index (χ1) is 19.3. The van der Waals surface area contributed by atoms with E-state index in [1.165, 1.54) is 18.2 Å². The molecule has 0 aromatic heterocycles. The molecule has 4 rings (SSSR count). The van der Waals surface area contributed by atoms with Crippen molar-refractivity contribution in [3.63, 3.8) is 0 Å². The Morgan fingerprint density at radius 3 is 2.20 bits per heavy atom. The van der Waals surface area contributed by atoms with Gasteiger partial charge < -0.3 is 19.8 Å². The Kier molecular flexibility index (Phi) is 10.9. The molecule has 10 nitrogen and oxygen atoms in total. The number of morpholine rings is 1. The molecule has 0 atom stereocenters. The van der Waals surface area contributed by atoms with E-state index in [0.29, 0.717) is 11.6 Å². The lowest BCUT2D eigenvalue weighted by Gasteiger charge is -2.35. The Hall–Kier alpha value is -3.43. The average molecular weight is 606 g/mol. The fraction of sp³-hybridized carbons (Fsp3) is 0.462. The van der Waals surface area contributed by atoms with Gasteiger partial charge >= 0.3 is 18.1 Å². The van der Waals surface area contributed by atoms with Gasteiger partial charge in [-0.1, -0.05) is 6.07 Å². The molecule has 0 radical (unpaired) electrons. The molecule has 226 valence electrons. The maximum Gasteiger partial charge on any atom is 0.490 e. The number of benzene rings is 2. The minimum Gasteiger partial charge on any atom is -0.478 e. The third-order valence-corrected chi connectivity index (χ3v) is 8.12. The van der Waals surface area contributed by atoms with E-state index in [1.54, 1.807) is 12.1 Å². The first kappa shape index (κ1) is 32.1. The fourth-order valence-electron chi connectivity index (χ4n) is 4.55. The van der Waals surface area contributed by atoms with E-state index in [9.17, 15) is 35.9 Å². The van der Waals surface area contributed by atoms with E-state index >= 15 is 0 Å². The Morgan fingerprint density at radius 1 is 1.00 bits per heavy atom. The number of carboxylic acids is 2. The van der Waals surface area contributed by atoms with Crippen LogP contribution in [0.4, 0.5) is 28.9 Å². The van der Waals surface area contributed by atoms with Gasteiger partial charge in [0.25, 0.3) is 10.0 Å². The van der Waals surface area contributed by atoms with Crippen molar-refractivity contribution in [1.29, 1.82) is 0 Å². The first-order valence-electron chi connectivity index (χ1n) is 12.8. The molecule has 41 heavy (non-hydrogen) atoms. The highest BCUT2D eigenvalue weighted by molar-refractivity contribution is 7.92. The normalized spacial score (nSPS) is 16.9. The van der Waals surface area contributed by atoms with Crippen LogP contribution in [0.2, 0.25) is 0 Å². The van der Waals surface area contributed by atoms with E-state index in [2.05, 4.69) is 14.5 Å². The maximum absolute atomic E-state index is 13.5. The average Bonchev–Trinajstić information content (AvgIpc) is 2.92. The number of ether oxygens (including phenoxy) is 1. The number of hydrogen-bond donors (Lipinski definition) is 3. The number of halogens is 4. The number of aliphatic carboxylic acids is 1. The summed E-state index contributed by atoms with van der Waals surface area (Å²) in [5.74, 6) is -3.95. The van der Waals surface area contributed by atoms with Crippen molar-refractivity contribution in [1.82, 2.24) is 4.90 Å². The second-order valence-corrected chi connectivity index (χ2v) is 11.3. The molecule has 3 N–H and O–H groups in total. The van der Waals surface area contributed by atoms with Crippen molar-refractivity contribution < 1.29 is 50.5 Å². The Bertz CT molecular complexity index is 1310. The Morgan fingerprint density at radius 2 is 1.63 bits per heavy atom. The van der Waals surface area contributed by atoms with Gasteiger partial charge in [0.1, 0.15) is 5.82 Å². The molecule has 0 unspecified atom stereocenters. The monoisotopic (exact) mass is 605 g/mol. The summed E-state index contributed by atoms with van der Waals surface area (Å²) in [5.41, 5.74) is 0.727. The summed E-state index contributed by atoms with van der Waals surface area (Å²) in [7, 11) is -4.05. The van der Waals surface area contributed by atoms with E-state index in [4.69, 9.17) is 14.6 Å². The highest BCUT2D eigenvalue weighted by Crippen LogP contribution is 2.31. The number of carbonyl (C=O) groups is 2. The molecule has 2 aliphatic rings. The zero-order valence-electron chi connectivity index (χ0n) is 21.9. The number of nitrogens with one attached hydrogen (secondary N) is 1. The van der Waals surface area contributed by atoms with E-state index in [1.807, 2.05) is 0 Å². The summed E-state index contributed by atoms with van der Waals surface area (Å²) in [6.07, 6.45) is -1.99. The van der Waals surface area contributed by atoms with Gasteiger partial charge in [-0.3, -0.25) is 9.62 Å². The van der Waals surface area contributed by atoms with Crippen LogP contribution in [0.3, 0.4) is 0 Å². The third kappa shape index (κ3) is 9.57. The predicted octanol–water partition coefficient (Wildman–Crippen LogP) is 3.90. The Labute approximate surface area is 234 Å². The van der Waals surface area contributed by atoms with Crippen LogP contribution in [0.5, 0.6) is 0 Å². The van der Waals surface area contributed by atoms with Gasteiger partial charge in [-0.2, -0.15) is 13.2 Å². The molecule has 2 saturated heterocycles. The maximum atomic E-state index is 13.5. The summed E-state index contributed by atoms with van der Waals surface area (Å²) in [5, 5.41) is 16.9. The second-order valence-electron chi connectivity index (χ2n) is 9.58. The van der Waals surface area contributed by atoms with Crippen LogP contribution in [0.1, 0.15) is 29.6 Å². The second kappa shape index (κ2) is 14.0.